The van der Waals surface area contributed by atoms with Gasteiger partial charge in [0.05, 0.1) is 5.56 Å². The minimum atomic E-state index is -4.57. The standard InChI is InChI=1S/C15H12F3N5O4/c1-22-11-10(12(26)21-14(22)27)23(6-9(24)25)13(20-11)19-8-4-2-3-7(5-8)15(16,17)18/h2-5H,6H2,1H3,(H,19,20)(H,24,25)(H,21,26,27). The molecule has 12 heteroatoms. The number of imidazole rings is 1. The van der Waals surface area contributed by atoms with E-state index in [2.05, 4.69) is 10.3 Å². The molecular formula is C15H12F3N5O4. The highest BCUT2D eigenvalue weighted by Gasteiger charge is 2.30. The number of halogens is 3. The van der Waals surface area contributed by atoms with E-state index in [1.807, 2.05) is 4.98 Å². The molecule has 0 radical (unpaired) electrons. The maximum Gasteiger partial charge on any atom is 0.416 e. The van der Waals surface area contributed by atoms with Gasteiger partial charge >= 0.3 is 17.8 Å². The molecule has 0 bridgehead atoms. The number of fused-ring (bicyclic) bond motifs is 1. The Balaban J connectivity index is 2.18. The molecule has 0 aliphatic heterocycles. The first kappa shape index (κ1) is 18.2. The van der Waals surface area contributed by atoms with Crippen molar-refractivity contribution in [2.75, 3.05) is 5.32 Å². The van der Waals surface area contributed by atoms with Crippen molar-refractivity contribution < 1.29 is 23.1 Å². The van der Waals surface area contributed by atoms with Crippen molar-refractivity contribution in [3.8, 4) is 0 Å². The number of hydrogen-bond acceptors (Lipinski definition) is 5. The highest BCUT2D eigenvalue weighted by molar-refractivity contribution is 5.78. The SMILES string of the molecule is Cn1c(=O)[nH]c(=O)c2c1nc(Nc1cccc(C(F)(F)F)c1)n2CC(=O)O. The van der Waals surface area contributed by atoms with Gasteiger partial charge in [-0.2, -0.15) is 18.2 Å². The summed E-state index contributed by atoms with van der Waals surface area (Å²) in [5, 5.41) is 11.7. The van der Waals surface area contributed by atoms with Crippen LogP contribution >= 0.6 is 0 Å². The number of rotatable bonds is 4. The quantitative estimate of drug-likeness (QED) is 0.624. The average molecular weight is 383 g/mol. The second kappa shape index (κ2) is 6.30. The number of anilines is 2. The number of H-pyrrole nitrogens is 1. The lowest BCUT2D eigenvalue weighted by Gasteiger charge is -2.11. The van der Waals surface area contributed by atoms with Crippen LogP contribution in [-0.2, 0) is 24.6 Å². The molecule has 3 rings (SSSR count). The molecule has 0 saturated heterocycles. The van der Waals surface area contributed by atoms with Crippen LogP contribution < -0.4 is 16.6 Å². The number of alkyl halides is 3. The first-order valence-electron chi connectivity index (χ1n) is 7.43. The van der Waals surface area contributed by atoms with Crippen molar-refractivity contribution in [1.29, 1.82) is 0 Å². The van der Waals surface area contributed by atoms with Crippen LogP contribution in [0.15, 0.2) is 33.9 Å². The summed E-state index contributed by atoms with van der Waals surface area (Å²) in [5.41, 5.74) is -2.88. The van der Waals surface area contributed by atoms with E-state index in [1.165, 1.54) is 13.1 Å². The zero-order valence-electron chi connectivity index (χ0n) is 13.7. The Morgan fingerprint density at radius 1 is 1.33 bits per heavy atom. The first-order valence-corrected chi connectivity index (χ1v) is 7.43. The zero-order chi connectivity index (χ0) is 19.9. The predicted molar refractivity (Wildman–Crippen MR) is 88.0 cm³/mol. The molecule has 0 atom stereocenters. The Hall–Kier alpha value is -3.57. The Kier molecular flexibility index (Phi) is 4.25. The number of nitrogens with one attached hydrogen (secondary N) is 2. The number of aliphatic carboxylic acids is 1. The minimum absolute atomic E-state index is 0.0202. The molecule has 0 spiro atoms. The van der Waals surface area contributed by atoms with Gasteiger partial charge in [0.2, 0.25) is 5.95 Å². The van der Waals surface area contributed by atoms with E-state index >= 15 is 0 Å². The normalized spacial score (nSPS) is 11.7. The lowest BCUT2D eigenvalue weighted by Crippen LogP contribution is -2.29. The van der Waals surface area contributed by atoms with Crippen LogP contribution in [0.5, 0.6) is 0 Å². The second-order valence-electron chi connectivity index (χ2n) is 5.61. The number of carboxylic acid groups (broad SMARTS) is 1. The number of carbonyl (C=O) groups is 1. The number of nitrogens with zero attached hydrogens (tertiary/aromatic N) is 3. The fourth-order valence-corrected chi connectivity index (χ4v) is 2.52. The van der Waals surface area contributed by atoms with Crippen molar-refractivity contribution in [3.63, 3.8) is 0 Å². The van der Waals surface area contributed by atoms with Gasteiger partial charge in [0.1, 0.15) is 6.54 Å². The summed E-state index contributed by atoms with van der Waals surface area (Å²) in [7, 11) is 1.31. The largest absolute Gasteiger partial charge is 0.480 e. The summed E-state index contributed by atoms with van der Waals surface area (Å²) in [6, 6.07) is 4.17. The molecule has 2 heterocycles. The minimum Gasteiger partial charge on any atom is -0.480 e. The molecule has 0 aliphatic carbocycles. The van der Waals surface area contributed by atoms with Gasteiger partial charge in [-0.1, -0.05) is 6.07 Å². The molecule has 0 aliphatic rings. The van der Waals surface area contributed by atoms with Crippen LogP contribution in [0.2, 0.25) is 0 Å². The molecule has 27 heavy (non-hydrogen) atoms. The van der Waals surface area contributed by atoms with Gasteiger partial charge in [-0.15, -0.1) is 0 Å². The Labute approximate surface area is 147 Å². The predicted octanol–water partition coefficient (Wildman–Crippen LogP) is 1.27. The smallest absolute Gasteiger partial charge is 0.416 e. The lowest BCUT2D eigenvalue weighted by molar-refractivity contribution is -0.138. The van der Waals surface area contributed by atoms with E-state index < -0.39 is 35.5 Å². The molecule has 0 fully saturated rings. The first-order chi connectivity index (χ1) is 12.6. The fourth-order valence-electron chi connectivity index (χ4n) is 2.52. The third-order valence-corrected chi connectivity index (χ3v) is 3.75. The van der Waals surface area contributed by atoms with Gasteiger partial charge in [-0.25, -0.2) is 4.79 Å². The van der Waals surface area contributed by atoms with E-state index in [1.54, 1.807) is 0 Å². The van der Waals surface area contributed by atoms with E-state index in [4.69, 9.17) is 5.11 Å². The highest BCUT2D eigenvalue weighted by Crippen LogP contribution is 2.31. The molecule has 3 aromatic rings. The second-order valence-corrected chi connectivity index (χ2v) is 5.61. The number of benzene rings is 1. The molecule has 9 nitrogen and oxygen atoms in total. The van der Waals surface area contributed by atoms with Crippen molar-refractivity contribution in [3.05, 3.63) is 50.7 Å². The number of aryl methyl sites for hydroxylation is 1. The van der Waals surface area contributed by atoms with E-state index in [0.29, 0.717) is 0 Å². The summed E-state index contributed by atoms with van der Waals surface area (Å²) in [4.78, 5) is 41.0. The molecular weight excluding hydrogens is 371 g/mol. The third-order valence-electron chi connectivity index (χ3n) is 3.75. The van der Waals surface area contributed by atoms with Gasteiger partial charge in [0.15, 0.2) is 11.2 Å². The molecule has 142 valence electrons. The Morgan fingerprint density at radius 2 is 2.04 bits per heavy atom. The third kappa shape index (κ3) is 3.41. The van der Waals surface area contributed by atoms with Crippen LogP contribution in [0.25, 0.3) is 11.2 Å². The Morgan fingerprint density at radius 3 is 2.67 bits per heavy atom. The summed E-state index contributed by atoms with van der Waals surface area (Å²) in [6.07, 6.45) is -4.57. The van der Waals surface area contributed by atoms with Gasteiger partial charge in [-0.3, -0.25) is 23.7 Å². The summed E-state index contributed by atoms with van der Waals surface area (Å²) < 4.78 is 40.6. The van der Waals surface area contributed by atoms with Crippen molar-refractivity contribution >= 4 is 28.8 Å². The number of aromatic nitrogens is 4. The summed E-state index contributed by atoms with van der Waals surface area (Å²) >= 11 is 0. The maximum atomic E-state index is 12.9. The number of hydrogen-bond donors (Lipinski definition) is 3. The zero-order valence-corrected chi connectivity index (χ0v) is 13.7. The van der Waals surface area contributed by atoms with E-state index in [9.17, 15) is 27.6 Å². The van der Waals surface area contributed by atoms with Crippen molar-refractivity contribution in [2.24, 2.45) is 7.05 Å². The lowest BCUT2D eigenvalue weighted by atomic mass is 10.2. The molecule has 2 aromatic heterocycles. The number of aromatic amines is 1. The van der Waals surface area contributed by atoms with Crippen LogP contribution in [0, 0.1) is 0 Å². The van der Waals surface area contributed by atoms with Crippen LogP contribution in [0.4, 0.5) is 24.8 Å². The fraction of sp³-hybridized carbons (Fsp3) is 0.200. The van der Waals surface area contributed by atoms with Gasteiger partial charge in [0.25, 0.3) is 5.56 Å². The molecule has 0 amide bonds. The average Bonchev–Trinajstić information content (AvgIpc) is 2.90. The van der Waals surface area contributed by atoms with Gasteiger partial charge < -0.3 is 10.4 Å². The summed E-state index contributed by atoms with van der Waals surface area (Å²) in [6.45, 7) is -0.695. The van der Waals surface area contributed by atoms with Crippen LogP contribution in [0.3, 0.4) is 0 Å². The molecule has 0 saturated carbocycles. The van der Waals surface area contributed by atoms with Crippen molar-refractivity contribution in [2.45, 2.75) is 12.7 Å². The topological polar surface area (TPSA) is 122 Å². The maximum absolute atomic E-state index is 12.9. The van der Waals surface area contributed by atoms with Crippen LogP contribution in [0.1, 0.15) is 5.56 Å². The molecule has 0 unspecified atom stereocenters. The molecule has 3 N–H and O–H groups in total. The van der Waals surface area contributed by atoms with Crippen LogP contribution in [-0.4, -0.2) is 30.2 Å². The monoisotopic (exact) mass is 383 g/mol. The van der Waals surface area contributed by atoms with E-state index in [-0.39, 0.29) is 22.8 Å². The summed E-state index contributed by atoms with van der Waals surface area (Å²) in [5.74, 6) is -1.51. The Bertz CT molecular complexity index is 1160. The van der Waals surface area contributed by atoms with Crippen molar-refractivity contribution in [1.82, 2.24) is 19.1 Å². The van der Waals surface area contributed by atoms with Gasteiger partial charge in [-0.05, 0) is 18.2 Å². The highest BCUT2D eigenvalue weighted by atomic mass is 19.4. The van der Waals surface area contributed by atoms with E-state index in [0.717, 1.165) is 27.3 Å². The van der Waals surface area contributed by atoms with Gasteiger partial charge in [0, 0.05) is 12.7 Å². The number of carboxylic acids is 1. The molecule has 1 aromatic carbocycles.